The minimum absolute atomic E-state index is 0.165. The highest BCUT2D eigenvalue weighted by molar-refractivity contribution is 7.85. The summed E-state index contributed by atoms with van der Waals surface area (Å²) in [5.41, 5.74) is 2.32. The predicted octanol–water partition coefficient (Wildman–Crippen LogP) is 4.98. The fourth-order valence-corrected chi connectivity index (χ4v) is 4.30. The van der Waals surface area contributed by atoms with Gasteiger partial charge in [0.15, 0.2) is 11.6 Å². The van der Waals surface area contributed by atoms with E-state index in [1.807, 2.05) is 43.3 Å². The fraction of sp³-hybridized carbons (Fsp3) is 0.435. The topological polar surface area (TPSA) is 67.9 Å². The number of amides is 1. The van der Waals surface area contributed by atoms with Crippen LogP contribution in [0.15, 0.2) is 39.6 Å². The first-order chi connectivity index (χ1) is 15.0. The second-order valence-electron chi connectivity index (χ2n) is 7.98. The minimum atomic E-state index is -3.14. The summed E-state index contributed by atoms with van der Waals surface area (Å²) >= 11 is 0. The first-order valence-electron chi connectivity index (χ1n) is 10.3. The summed E-state index contributed by atoms with van der Waals surface area (Å²) in [6, 6.07) is 8.79. The first-order valence-corrected chi connectivity index (χ1v) is 11.5. The summed E-state index contributed by atoms with van der Waals surface area (Å²) < 4.78 is 48.8. The Labute approximate surface area is 190 Å². The highest BCUT2D eigenvalue weighted by Gasteiger charge is 2.24. The van der Waals surface area contributed by atoms with Crippen molar-refractivity contribution in [3.63, 3.8) is 0 Å². The van der Waals surface area contributed by atoms with Crippen molar-refractivity contribution in [1.82, 2.24) is 4.90 Å². The molecule has 1 unspecified atom stereocenters. The number of aryl methyl sites for hydroxylation is 1. The van der Waals surface area contributed by atoms with Crippen LogP contribution in [0.4, 0.5) is 13.2 Å². The van der Waals surface area contributed by atoms with Gasteiger partial charge in [0.2, 0.25) is 0 Å². The van der Waals surface area contributed by atoms with E-state index < -0.39 is 35.0 Å². The van der Waals surface area contributed by atoms with E-state index in [4.69, 9.17) is 5.14 Å². The number of hydrogen-bond donors (Lipinski definition) is 1. The monoisotopic (exact) mass is 469 g/mol. The lowest BCUT2D eigenvalue weighted by Crippen LogP contribution is -2.14. The maximum absolute atomic E-state index is 14.9. The molecule has 0 fully saturated rings. The predicted molar refractivity (Wildman–Crippen MR) is 121 cm³/mol. The molecule has 176 valence electrons. The average Bonchev–Trinajstić information content (AvgIpc) is 2.69. The third-order valence-electron chi connectivity index (χ3n) is 4.84. The Bertz CT molecular complexity index is 977. The van der Waals surface area contributed by atoms with Crippen molar-refractivity contribution < 1.29 is 22.7 Å². The summed E-state index contributed by atoms with van der Waals surface area (Å²) in [5.74, 6) is -2.22. The summed E-state index contributed by atoms with van der Waals surface area (Å²) in [6.07, 6.45) is 0.256. The number of carbonyl (C=O) groups is 1. The smallest absolute Gasteiger partial charge is 0.387 e. The molecule has 0 saturated carbocycles. The van der Waals surface area contributed by atoms with E-state index >= 15 is 0 Å². The quantitative estimate of drug-likeness (QED) is 0.563. The molecule has 0 heterocycles. The number of benzene rings is 2. The van der Waals surface area contributed by atoms with E-state index in [0.717, 1.165) is 12.1 Å². The van der Waals surface area contributed by atoms with Gasteiger partial charge in [-0.1, -0.05) is 32.9 Å². The molecule has 0 bridgehead atoms. The van der Waals surface area contributed by atoms with Gasteiger partial charge >= 0.3 is 6.61 Å². The van der Waals surface area contributed by atoms with Crippen molar-refractivity contribution in [3.05, 3.63) is 58.4 Å². The second kappa shape index (κ2) is 11.6. The maximum atomic E-state index is 14.9. The molecule has 2 rings (SSSR count). The molecule has 2 aromatic carbocycles. The van der Waals surface area contributed by atoms with Crippen LogP contribution in [0.2, 0.25) is 0 Å². The van der Waals surface area contributed by atoms with E-state index in [2.05, 4.69) is 9.10 Å². The van der Waals surface area contributed by atoms with Crippen molar-refractivity contribution in [3.8, 4) is 5.75 Å². The lowest BCUT2D eigenvalue weighted by molar-refractivity contribution is -0.117. The molecular weight excluding hydrogens is 439 g/mol. The summed E-state index contributed by atoms with van der Waals surface area (Å²) in [5, 5.41) is 6.13. The van der Waals surface area contributed by atoms with Crippen molar-refractivity contribution in [2.24, 2.45) is 9.50 Å². The lowest BCUT2D eigenvalue weighted by Gasteiger charge is -2.20. The number of carbonyl (C=O) groups excluding carboxylic acids is 1. The number of nitrogens with two attached hydrogens (primary N) is 1. The zero-order chi connectivity index (χ0) is 24.0. The van der Waals surface area contributed by atoms with Crippen LogP contribution in [0.25, 0.3) is 0 Å². The molecule has 0 spiro atoms. The Balaban J connectivity index is 2.34. The van der Waals surface area contributed by atoms with E-state index in [0.29, 0.717) is 22.4 Å². The third kappa shape index (κ3) is 6.88. The van der Waals surface area contributed by atoms with Crippen LogP contribution in [-0.4, -0.2) is 31.5 Å². The van der Waals surface area contributed by atoms with Gasteiger partial charge in [0, 0.05) is 22.3 Å². The normalized spacial score (nSPS) is 12.8. The molecule has 0 aliphatic heterocycles. The molecule has 0 aromatic heterocycles. The molecular formula is C23H30F3N3O2S. The van der Waals surface area contributed by atoms with Crippen LogP contribution < -0.4 is 9.88 Å². The Morgan fingerprint density at radius 2 is 1.84 bits per heavy atom. The van der Waals surface area contributed by atoms with Crippen LogP contribution in [0.1, 0.15) is 48.9 Å². The van der Waals surface area contributed by atoms with Gasteiger partial charge in [0.05, 0.1) is 6.42 Å². The Kier molecular flexibility index (Phi) is 9.42. The van der Waals surface area contributed by atoms with E-state index in [1.165, 1.54) is 6.07 Å². The molecule has 2 aromatic rings. The SMILES string of the molecule is CCc1cc(OC(F)F)c(F)c(C(C)C)c1CC(=O)N=S(N)c1ccc(CN(C)C)cc1. The van der Waals surface area contributed by atoms with Gasteiger partial charge in [0.1, 0.15) is 0 Å². The van der Waals surface area contributed by atoms with Crippen molar-refractivity contribution in [2.45, 2.75) is 57.6 Å². The van der Waals surface area contributed by atoms with Crippen molar-refractivity contribution >= 4 is 16.8 Å². The molecule has 1 atom stereocenters. The van der Waals surface area contributed by atoms with Crippen LogP contribution in [0, 0.1) is 5.82 Å². The number of rotatable bonds is 9. The molecule has 2 N–H and O–H groups in total. The van der Waals surface area contributed by atoms with Gasteiger partial charge in [-0.05, 0) is 66.9 Å². The van der Waals surface area contributed by atoms with Crippen LogP contribution in [-0.2, 0) is 35.1 Å². The van der Waals surface area contributed by atoms with Gasteiger partial charge in [-0.15, -0.1) is 0 Å². The average molecular weight is 470 g/mol. The van der Waals surface area contributed by atoms with E-state index in [1.54, 1.807) is 20.8 Å². The Morgan fingerprint density at radius 3 is 2.34 bits per heavy atom. The van der Waals surface area contributed by atoms with Gasteiger partial charge < -0.3 is 9.64 Å². The lowest BCUT2D eigenvalue weighted by atomic mass is 9.89. The highest BCUT2D eigenvalue weighted by atomic mass is 32.2. The van der Waals surface area contributed by atoms with Gasteiger partial charge in [-0.3, -0.25) is 9.93 Å². The molecule has 1 amide bonds. The number of halogens is 3. The molecule has 32 heavy (non-hydrogen) atoms. The van der Waals surface area contributed by atoms with Crippen molar-refractivity contribution in [2.75, 3.05) is 14.1 Å². The van der Waals surface area contributed by atoms with E-state index in [-0.39, 0.29) is 17.9 Å². The number of ether oxygens (including phenoxy) is 1. The molecule has 5 nitrogen and oxygen atoms in total. The minimum Gasteiger partial charge on any atom is -0.432 e. The number of hydrogen-bond acceptors (Lipinski definition) is 3. The van der Waals surface area contributed by atoms with Crippen LogP contribution >= 0.6 is 0 Å². The Morgan fingerprint density at radius 1 is 1.22 bits per heavy atom. The Hall–Kier alpha value is -2.23. The van der Waals surface area contributed by atoms with Gasteiger partial charge in [-0.25, -0.2) is 4.39 Å². The fourth-order valence-electron chi connectivity index (χ4n) is 3.50. The zero-order valence-electron chi connectivity index (χ0n) is 19.0. The van der Waals surface area contributed by atoms with Gasteiger partial charge in [0.25, 0.3) is 5.91 Å². The van der Waals surface area contributed by atoms with Gasteiger partial charge in [-0.2, -0.15) is 13.1 Å². The molecule has 0 saturated heterocycles. The number of nitrogens with zero attached hydrogens (tertiary/aromatic N) is 2. The third-order valence-corrected chi connectivity index (χ3v) is 5.99. The number of alkyl halides is 2. The van der Waals surface area contributed by atoms with Crippen LogP contribution in [0.5, 0.6) is 5.75 Å². The summed E-state index contributed by atoms with van der Waals surface area (Å²) in [4.78, 5) is 15.5. The molecule has 0 aliphatic rings. The molecule has 9 heteroatoms. The molecule has 0 aliphatic carbocycles. The van der Waals surface area contributed by atoms with Crippen molar-refractivity contribution in [1.29, 1.82) is 0 Å². The summed E-state index contributed by atoms with van der Waals surface area (Å²) in [7, 11) is 2.79. The standard InChI is InChI=1S/C23H30F3N3O2S/c1-6-16-11-19(31-23(25)26)22(24)21(14(2)3)18(16)12-20(30)28-32(27)17-9-7-15(8-10-17)13-29(4)5/h7-11,14,23H,6,12-13H2,1-5H3,(H2,27,28,30). The highest BCUT2D eigenvalue weighted by Crippen LogP contribution is 2.34. The summed E-state index contributed by atoms with van der Waals surface area (Å²) in [6.45, 7) is 2.91. The zero-order valence-corrected chi connectivity index (χ0v) is 19.8. The maximum Gasteiger partial charge on any atom is 0.387 e. The van der Waals surface area contributed by atoms with Crippen LogP contribution in [0.3, 0.4) is 0 Å². The largest absolute Gasteiger partial charge is 0.432 e. The van der Waals surface area contributed by atoms with E-state index in [9.17, 15) is 18.0 Å². The molecule has 0 radical (unpaired) electrons. The second-order valence-corrected chi connectivity index (χ2v) is 9.27. The first kappa shape index (κ1) is 26.0.